The summed E-state index contributed by atoms with van der Waals surface area (Å²) in [5, 5.41) is 1.58. The molecule has 30 heavy (non-hydrogen) atoms. The average molecular weight is 418 g/mol. The van der Waals surface area contributed by atoms with Crippen molar-refractivity contribution >= 4 is 40.4 Å². The summed E-state index contributed by atoms with van der Waals surface area (Å²) < 4.78 is 0. The predicted octanol–water partition coefficient (Wildman–Crippen LogP) is 3.72. The maximum atomic E-state index is 11.8. The molecule has 0 saturated carbocycles. The van der Waals surface area contributed by atoms with E-state index in [2.05, 4.69) is 44.6 Å². The van der Waals surface area contributed by atoms with Crippen molar-refractivity contribution in [2.45, 2.75) is 6.54 Å². The molecule has 150 valence electrons. The molecule has 2 aromatic carbocycles. The molecule has 3 heterocycles. The molecule has 0 atom stereocenters. The lowest BCUT2D eigenvalue weighted by Crippen LogP contribution is -2.48. The van der Waals surface area contributed by atoms with E-state index < -0.39 is 0 Å². The van der Waals surface area contributed by atoms with E-state index in [4.69, 9.17) is 11.6 Å². The van der Waals surface area contributed by atoms with E-state index in [1.807, 2.05) is 18.3 Å². The van der Waals surface area contributed by atoms with Gasteiger partial charge in [-0.25, -0.2) is 9.97 Å². The number of aromatic nitrogens is 2. The second-order valence-electron chi connectivity index (χ2n) is 7.45. The van der Waals surface area contributed by atoms with Gasteiger partial charge in [0.2, 0.25) is 5.91 Å². The number of hydrogen-bond donors (Lipinski definition) is 0. The van der Waals surface area contributed by atoms with Gasteiger partial charge in [-0.15, -0.1) is 0 Å². The van der Waals surface area contributed by atoms with Crippen molar-refractivity contribution in [3.63, 3.8) is 0 Å². The SMILES string of the molecule is C=CC(=O)N1CCN(c2ncnc3cc(-c4ccc5c(c4)CN=C5)c(Cl)cc23)CC1. The fourth-order valence-electron chi connectivity index (χ4n) is 4.08. The van der Waals surface area contributed by atoms with Crippen molar-refractivity contribution < 1.29 is 4.79 Å². The molecule has 1 saturated heterocycles. The molecule has 5 rings (SSSR count). The molecule has 0 aliphatic carbocycles. The molecule has 2 aliphatic heterocycles. The van der Waals surface area contributed by atoms with Gasteiger partial charge in [0.1, 0.15) is 12.1 Å². The highest BCUT2D eigenvalue weighted by molar-refractivity contribution is 6.34. The number of amides is 1. The molecule has 0 radical (unpaired) electrons. The molecule has 1 fully saturated rings. The van der Waals surface area contributed by atoms with Crippen LogP contribution in [0.4, 0.5) is 5.82 Å². The van der Waals surface area contributed by atoms with Crippen molar-refractivity contribution in [2.24, 2.45) is 4.99 Å². The van der Waals surface area contributed by atoms with Gasteiger partial charge in [0.05, 0.1) is 12.1 Å². The van der Waals surface area contributed by atoms with E-state index in [-0.39, 0.29) is 5.91 Å². The van der Waals surface area contributed by atoms with Gasteiger partial charge in [-0.1, -0.05) is 30.3 Å². The fourth-order valence-corrected chi connectivity index (χ4v) is 4.36. The van der Waals surface area contributed by atoms with Crippen LogP contribution in [-0.4, -0.2) is 53.2 Å². The average Bonchev–Trinajstić information content (AvgIpc) is 3.26. The van der Waals surface area contributed by atoms with Crippen LogP contribution in [0.3, 0.4) is 0 Å². The molecular weight excluding hydrogens is 398 g/mol. The standard InChI is InChI=1S/C23H20ClN5O/c1-2-22(30)28-5-7-29(8-6-28)23-19-10-20(24)18(11-21(19)26-14-27-23)15-3-4-16-12-25-13-17(16)9-15/h2-4,9-12,14H,1,5-8,13H2. The molecule has 1 amide bonds. The smallest absolute Gasteiger partial charge is 0.246 e. The number of benzene rings is 2. The number of hydrogen-bond acceptors (Lipinski definition) is 5. The van der Waals surface area contributed by atoms with Gasteiger partial charge in [-0.05, 0) is 41.0 Å². The maximum absolute atomic E-state index is 11.8. The normalized spacial score (nSPS) is 15.5. The number of halogens is 1. The molecule has 1 aromatic heterocycles. The predicted molar refractivity (Wildman–Crippen MR) is 120 cm³/mol. The second-order valence-corrected chi connectivity index (χ2v) is 7.85. The number of aliphatic imine (C=N–C) groups is 1. The summed E-state index contributed by atoms with van der Waals surface area (Å²) in [7, 11) is 0. The Bertz CT molecular complexity index is 1200. The zero-order valence-corrected chi connectivity index (χ0v) is 17.1. The van der Waals surface area contributed by atoms with Gasteiger partial charge in [-0.3, -0.25) is 9.79 Å². The molecule has 0 bridgehead atoms. The first-order valence-corrected chi connectivity index (χ1v) is 10.3. The summed E-state index contributed by atoms with van der Waals surface area (Å²) in [6.45, 7) is 6.96. The number of fused-ring (bicyclic) bond motifs is 2. The Kier molecular flexibility index (Phi) is 4.71. The number of anilines is 1. The van der Waals surface area contributed by atoms with Crippen LogP contribution in [0.25, 0.3) is 22.0 Å². The summed E-state index contributed by atoms with van der Waals surface area (Å²) in [6, 6.07) is 10.3. The largest absolute Gasteiger partial charge is 0.352 e. The molecule has 0 unspecified atom stereocenters. The van der Waals surface area contributed by atoms with Crippen LogP contribution in [0.1, 0.15) is 11.1 Å². The molecule has 7 heteroatoms. The number of piperazine rings is 1. The first kappa shape index (κ1) is 18.8. The summed E-state index contributed by atoms with van der Waals surface area (Å²) in [5.41, 5.74) is 5.22. The van der Waals surface area contributed by atoms with Crippen LogP contribution >= 0.6 is 11.6 Å². The summed E-state index contributed by atoms with van der Waals surface area (Å²) in [4.78, 5) is 29.2. The summed E-state index contributed by atoms with van der Waals surface area (Å²) in [5.74, 6) is 0.816. The minimum Gasteiger partial charge on any atom is -0.352 e. The minimum atomic E-state index is -0.0328. The first-order valence-electron chi connectivity index (χ1n) is 9.88. The van der Waals surface area contributed by atoms with Crippen LogP contribution < -0.4 is 4.90 Å². The van der Waals surface area contributed by atoms with E-state index in [1.165, 1.54) is 11.6 Å². The third-order valence-corrected chi connectivity index (χ3v) is 6.03. The second kappa shape index (κ2) is 7.54. The number of carbonyl (C=O) groups excluding carboxylic acids is 1. The first-order chi connectivity index (χ1) is 14.6. The van der Waals surface area contributed by atoms with E-state index >= 15 is 0 Å². The highest BCUT2D eigenvalue weighted by Crippen LogP contribution is 2.35. The van der Waals surface area contributed by atoms with Gasteiger partial charge >= 0.3 is 0 Å². The fraction of sp³-hybridized carbons (Fsp3) is 0.217. The quantitative estimate of drug-likeness (QED) is 0.609. The van der Waals surface area contributed by atoms with E-state index in [1.54, 1.807) is 11.2 Å². The lowest BCUT2D eigenvalue weighted by molar-refractivity contribution is -0.126. The molecule has 0 spiro atoms. The molecule has 6 nitrogen and oxygen atoms in total. The van der Waals surface area contributed by atoms with E-state index in [0.717, 1.165) is 33.4 Å². The molecule has 2 aliphatic rings. The van der Waals surface area contributed by atoms with Gasteiger partial charge < -0.3 is 9.80 Å². The van der Waals surface area contributed by atoms with Crippen LogP contribution in [-0.2, 0) is 11.3 Å². The van der Waals surface area contributed by atoms with Crippen molar-refractivity contribution in [1.82, 2.24) is 14.9 Å². The van der Waals surface area contributed by atoms with Crippen molar-refractivity contribution in [2.75, 3.05) is 31.1 Å². The Morgan fingerprint density at radius 2 is 1.93 bits per heavy atom. The topological polar surface area (TPSA) is 61.7 Å². The highest BCUT2D eigenvalue weighted by atomic mass is 35.5. The Labute approximate surface area is 179 Å². The molecule has 3 aromatic rings. The molecule has 0 N–H and O–H groups in total. The van der Waals surface area contributed by atoms with Crippen molar-refractivity contribution in [1.29, 1.82) is 0 Å². The van der Waals surface area contributed by atoms with Gasteiger partial charge in [-0.2, -0.15) is 0 Å². The van der Waals surface area contributed by atoms with Gasteiger partial charge in [0, 0.05) is 48.4 Å². The zero-order valence-electron chi connectivity index (χ0n) is 16.4. The Morgan fingerprint density at radius 3 is 2.73 bits per heavy atom. The van der Waals surface area contributed by atoms with Crippen LogP contribution in [0.2, 0.25) is 5.02 Å². The van der Waals surface area contributed by atoms with Crippen molar-refractivity contribution in [3.05, 3.63) is 65.5 Å². The zero-order chi connectivity index (χ0) is 20.7. The third-order valence-electron chi connectivity index (χ3n) is 5.71. The summed E-state index contributed by atoms with van der Waals surface area (Å²) in [6.07, 6.45) is 4.86. The number of rotatable bonds is 3. The Balaban J connectivity index is 1.49. The van der Waals surface area contributed by atoms with E-state index in [9.17, 15) is 4.79 Å². The monoisotopic (exact) mass is 417 g/mol. The van der Waals surface area contributed by atoms with Crippen LogP contribution in [0.5, 0.6) is 0 Å². The van der Waals surface area contributed by atoms with Crippen molar-refractivity contribution in [3.8, 4) is 11.1 Å². The van der Waals surface area contributed by atoms with Gasteiger partial charge in [0.25, 0.3) is 0 Å². The Morgan fingerprint density at radius 1 is 1.10 bits per heavy atom. The van der Waals surface area contributed by atoms with Crippen LogP contribution in [0.15, 0.2) is 54.3 Å². The lowest BCUT2D eigenvalue weighted by Gasteiger charge is -2.35. The number of nitrogens with zero attached hydrogens (tertiary/aromatic N) is 5. The third kappa shape index (κ3) is 3.23. The minimum absolute atomic E-state index is 0.0328. The van der Waals surface area contributed by atoms with E-state index in [0.29, 0.717) is 37.7 Å². The van der Waals surface area contributed by atoms with Crippen LogP contribution in [0, 0.1) is 0 Å². The van der Waals surface area contributed by atoms with Gasteiger partial charge in [0.15, 0.2) is 0 Å². The maximum Gasteiger partial charge on any atom is 0.246 e. The highest BCUT2D eigenvalue weighted by Gasteiger charge is 2.22. The Hall–Kier alpha value is -3.25. The molecular formula is C23H20ClN5O. The number of carbonyl (C=O) groups is 1. The summed E-state index contributed by atoms with van der Waals surface area (Å²) >= 11 is 6.71. The lowest BCUT2D eigenvalue weighted by atomic mass is 9.99.